The Kier molecular flexibility index (Phi) is 6.97. The largest absolute Gasteiger partial charge is 0.497 e. The average molecular weight is 422 g/mol. The summed E-state index contributed by atoms with van der Waals surface area (Å²) in [6, 6.07) is 6.56. The van der Waals surface area contributed by atoms with Gasteiger partial charge in [0.15, 0.2) is 0 Å². The number of rotatable bonds is 6. The van der Waals surface area contributed by atoms with Crippen molar-refractivity contribution in [2.24, 2.45) is 11.3 Å². The number of carbonyl (C=O) groups excluding carboxylic acids is 1. The lowest BCUT2D eigenvalue weighted by Gasteiger charge is -2.35. The van der Waals surface area contributed by atoms with E-state index in [2.05, 4.69) is 16.1 Å². The summed E-state index contributed by atoms with van der Waals surface area (Å²) in [6.45, 7) is 6.86. The van der Waals surface area contributed by atoms with E-state index in [1.54, 1.807) is 27.7 Å². The predicted molar refractivity (Wildman–Crippen MR) is 112 cm³/mol. The third-order valence-electron chi connectivity index (χ3n) is 5.41. The van der Waals surface area contributed by atoms with E-state index < -0.39 is 21.0 Å². The fraction of sp³-hybridized carbons (Fsp3) is 0.619. The molecule has 0 bridgehead atoms. The normalized spacial score (nSPS) is 17.8. The lowest BCUT2D eigenvalue weighted by molar-refractivity contribution is -0.123. The molecular weight excluding hydrogens is 390 g/mol. The number of ether oxygens (including phenoxy) is 1. The van der Waals surface area contributed by atoms with Gasteiger partial charge in [-0.3, -0.25) is 4.79 Å². The van der Waals surface area contributed by atoms with Gasteiger partial charge in [-0.05, 0) is 37.8 Å². The topological polar surface area (TPSA) is 108 Å². The molecule has 2 rings (SSSR count). The van der Waals surface area contributed by atoms with Gasteiger partial charge in [0.25, 0.3) is 0 Å². The molecule has 1 atom stereocenters. The summed E-state index contributed by atoms with van der Waals surface area (Å²) in [7, 11) is -2.60. The van der Waals surface area contributed by atoms with Crippen molar-refractivity contribution in [1.29, 1.82) is 5.26 Å². The molecule has 0 heterocycles. The summed E-state index contributed by atoms with van der Waals surface area (Å²) >= 11 is 0. The standard InChI is InChI=1S/C21H31N3O4S/c1-20(2,3)19(25)23-17-13-16(28-5)11-12-18(17)29(26,27)24-21(4,14-22)15-9-7-6-8-10-15/h11-13,15,24H,6-10H2,1-5H3,(H,23,25)/t21-/m0/s1. The predicted octanol–water partition coefficient (Wildman–Crippen LogP) is 3.82. The summed E-state index contributed by atoms with van der Waals surface area (Å²) in [5.41, 5.74) is -1.80. The van der Waals surface area contributed by atoms with Crippen LogP contribution in [-0.2, 0) is 14.8 Å². The number of hydrogen-bond donors (Lipinski definition) is 2. The molecule has 2 N–H and O–H groups in total. The van der Waals surface area contributed by atoms with E-state index >= 15 is 0 Å². The summed E-state index contributed by atoms with van der Waals surface area (Å²) in [4.78, 5) is 12.4. The molecule has 7 nitrogen and oxygen atoms in total. The van der Waals surface area contributed by atoms with E-state index in [4.69, 9.17) is 4.74 Å². The van der Waals surface area contributed by atoms with E-state index in [9.17, 15) is 18.5 Å². The maximum absolute atomic E-state index is 13.2. The van der Waals surface area contributed by atoms with Crippen molar-refractivity contribution < 1.29 is 17.9 Å². The number of amides is 1. The fourth-order valence-corrected chi connectivity index (χ4v) is 5.02. The van der Waals surface area contributed by atoms with Gasteiger partial charge in [0, 0.05) is 11.5 Å². The molecule has 0 aliphatic heterocycles. The molecule has 0 saturated heterocycles. The molecule has 1 aromatic carbocycles. The number of methoxy groups -OCH3 is 1. The molecule has 1 aliphatic carbocycles. The third-order valence-corrected chi connectivity index (χ3v) is 7.03. The SMILES string of the molecule is COc1ccc(S(=O)(=O)N[C@@](C)(C#N)C2CCCCC2)c(NC(=O)C(C)(C)C)c1. The van der Waals surface area contributed by atoms with Crippen LogP contribution in [0.2, 0.25) is 0 Å². The van der Waals surface area contributed by atoms with Crippen molar-refractivity contribution in [3.05, 3.63) is 18.2 Å². The number of anilines is 1. The van der Waals surface area contributed by atoms with E-state index in [1.807, 2.05) is 0 Å². The summed E-state index contributed by atoms with van der Waals surface area (Å²) in [5.74, 6) is 0.0444. The number of sulfonamides is 1. The van der Waals surface area contributed by atoms with Gasteiger partial charge in [-0.2, -0.15) is 9.98 Å². The zero-order valence-corrected chi connectivity index (χ0v) is 18.6. The number of benzene rings is 1. The van der Waals surface area contributed by atoms with Crippen molar-refractivity contribution in [2.75, 3.05) is 12.4 Å². The first kappa shape index (κ1) is 23.2. The van der Waals surface area contributed by atoms with Gasteiger partial charge in [-0.15, -0.1) is 0 Å². The van der Waals surface area contributed by atoms with Gasteiger partial charge in [-0.25, -0.2) is 8.42 Å². The molecule has 0 spiro atoms. The molecule has 160 valence electrons. The zero-order chi connectivity index (χ0) is 21.9. The Balaban J connectivity index is 2.42. The molecule has 0 radical (unpaired) electrons. The minimum Gasteiger partial charge on any atom is -0.497 e. The Morgan fingerprint density at radius 3 is 2.31 bits per heavy atom. The molecule has 1 amide bonds. The molecular formula is C21H31N3O4S. The minimum atomic E-state index is -4.07. The van der Waals surface area contributed by atoms with Crippen LogP contribution in [0, 0.1) is 22.7 Å². The number of nitrogens with one attached hydrogen (secondary N) is 2. The van der Waals surface area contributed by atoms with Crippen LogP contribution in [0.3, 0.4) is 0 Å². The molecule has 1 saturated carbocycles. The van der Waals surface area contributed by atoms with Crippen molar-refractivity contribution in [2.45, 2.75) is 70.2 Å². The smallest absolute Gasteiger partial charge is 0.244 e. The van der Waals surface area contributed by atoms with Crippen LogP contribution in [-0.4, -0.2) is 27.0 Å². The Bertz CT molecular complexity index is 893. The van der Waals surface area contributed by atoms with Gasteiger partial charge in [-0.1, -0.05) is 40.0 Å². The Labute approximate surface area is 173 Å². The molecule has 1 aliphatic rings. The molecule has 0 aromatic heterocycles. The molecule has 8 heteroatoms. The second-order valence-electron chi connectivity index (χ2n) is 8.82. The quantitative estimate of drug-likeness (QED) is 0.726. The van der Waals surface area contributed by atoms with E-state index in [0.29, 0.717) is 5.75 Å². The van der Waals surface area contributed by atoms with Crippen LogP contribution >= 0.6 is 0 Å². The summed E-state index contributed by atoms with van der Waals surface area (Å²) < 4.78 is 34.3. The number of nitriles is 1. The van der Waals surface area contributed by atoms with Gasteiger partial charge >= 0.3 is 0 Å². The lowest BCUT2D eigenvalue weighted by Crippen LogP contribution is -2.51. The number of hydrogen-bond acceptors (Lipinski definition) is 5. The van der Waals surface area contributed by atoms with Gasteiger partial charge in [0.05, 0.1) is 18.9 Å². The highest BCUT2D eigenvalue weighted by molar-refractivity contribution is 7.89. The summed E-state index contributed by atoms with van der Waals surface area (Å²) in [5, 5.41) is 12.5. The van der Waals surface area contributed by atoms with E-state index in [1.165, 1.54) is 25.3 Å². The Morgan fingerprint density at radius 2 is 1.79 bits per heavy atom. The van der Waals surface area contributed by atoms with Gasteiger partial charge in [0.2, 0.25) is 15.9 Å². The number of nitrogens with zero attached hydrogens (tertiary/aromatic N) is 1. The first-order valence-corrected chi connectivity index (χ1v) is 11.4. The van der Waals surface area contributed by atoms with Gasteiger partial charge < -0.3 is 10.1 Å². The molecule has 1 fully saturated rings. The van der Waals surface area contributed by atoms with Crippen LogP contribution in [0.1, 0.15) is 59.8 Å². The Hall–Kier alpha value is -2.11. The second-order valence-corrected chi connectivity index (χ2v) is 10.5. The van der Waals surface area contributed by atoms with Crippen molar-refractivity contribution in [1.82, 2.24) is 4.72 Å². The van der Waals surface area contributed by atoms with Crippen LogP contribution in [0.15, 0.2) is 23.1 Å². The minimum absolute atomic E-state index is 0.0538. The fourth-order valence-electron chi connectivity index (χ4n) is 3.49. The van der Waals surface area contributed by atoms with Gasteiger partial charge in [0.1, 0.15) is 16.2 Å². The first-order chi connectivity index (χ1) is 13.4. The highest BCUT2D eigenvalue weighted by Gasteiger charge is 2.40. The van der Waals surface area contributed by atoms with Crippen LogP contribution in [0.5, 0.6) is 5.75 Å². The zero-order valence-electron chi connectivity index (χ0n) is 17.8. The molecule has 1 aromatic rings. The maximum Gasteiger partial charge on any atom is 0.244 e. The average Bonchev–Trinajstić information content (AvgIpc) is 2.67. The lowest BCUT2D eigenvalue weighted by atomic mass is 9.77. The maximum atomic E-state index is 13.2. The highest BCUT2D eigenvalue weighted by atomic mass is 32.2. The van der Waals surface area contributed by atoms with Crippen LogP contribution in [0.4, 0.5) is 5.69 Å². The van der Waals surface area contributed by atoms with E-state index in [-0.39, 0.29) is 22.4 Å². The third kappa shape index (κ3) is 5.49. The van der Waals surface area contributed by atoms with Crippen molar-refractivity contribution in [3.63, 3.8) is 0 Å². The van der Waals surface area contributed by atoms with Crippen LogP contribution < -0.4 is 14.8 Å². The second kappa shape index (κ2) is 8.72. The monoisotopic (exact) mass is 421 g/mol. The van der Waals surface area contributed by atoms with Crippen LogP contribution in [0.25, 0.3) is 0 Å². The number of carbonyl (C=O) groups is 1. The summed E-state index contributed by atoms with van der Waals surface area (Å²) in [6.07, 6.45) is 4.69. The first-order valence-electron chi connectivity index (χ1n) is 9.87. The molecule has 0 unspecified atom stereocenters. The molecule has 29 heavy (non-hydrogen) atoms. The Morgan fingerprint density at radius 1 is 1.17 bits per heavy atom. The van der Waals surface area contributed by atoms with Crippen molar-refractivity contribution in [3.8, 4) is 11.8 Å². The highest BCUT2D eigenvalue weighted by Crippen LogP contribution is 2.35. The van der Waals surface area contributed by atoms with Crippen molar-refractivity contribution >= 4 is 21.6 Å². The van der Waals surface area contributed by atoms with E-state index in [0.717, 1.165) is 32.1 Å².